The summed E-state index contributed by atoms with van der Waals surface area (Å²) in [4.78, 5) is 38.3. The molecule has 0 heterocycles. The van der Waals surface area contributed by atoms with Crippen LogP contribution in [-0.2, 0) is 28.6 Å². The zero-order valence-corrected chi connectivity index (χ0v) is 48.4. The van der Waals surface area contributed by atoms with E-state index in [9.17, 15) is 14.4 Å². The molecule has 0 rings (SSSR count). The standard InChI is InChI=1S/C67H118O6/c1-4-7-10-13-16-19-22-25-28-31-33-36-39-42-45-48-51-54-57-60-66(69)72-63-64(62-71-65(68)59-56-53-50-47-44-41-38-35-30-27-24-21-18-15-12-9-6-3)73-67(70)61-58-55-52-49-46-43-40-37-34-32-29-26-23-20-17-14-11-8-5-2/h16,18-19,21,25,27-28,30,38,41,47,50,64H,4-15,17,20,22-24,26,29,31-37,39-40,42-46,48-49,51-63H2,1-3H3/b19-16-,21-18-,28-25-,30-27-,41-38-,50-47-/t64-/m1/s1. The Balaban J connectivity index is 4.43. The molecule has 0 fully saturated rings. The maximum atomic E-state index is 12.9. The first-order chi connectivity index (χ1) is 36.0. The molecule has 0 spiro atoms. The van der Waals surface area contributed by atoms with Crippen LogP contribution in [-0.4, -0.2) is 37.2 Å². The molecular formula is C67H118O6. The summed E-state index contributed by atoms with van der Waals surface area (Å²) in [6, 6.07) is 0. The van der Waals surface area contributed by atoms with Crippen LogP contribution in [0.3, 0.4) is 0 Å². The van der Waals surface area contributed by atoms with Crippen molar-refractivity contribution in [3.8, 4) is 0 Å². The summed E-state index contributed by atoms with van der Waals surface area (Å²) >= 11 is 0. The lowest BCUT2D eigenvalue weighted by Crippen LogP contribution is -2.30. The molecule has 0 unspecified atom stereocenters. The summed E-state index contributed by atoms with van der Waals surface area (Å²) in [7, 11) is 0. The number of allylic oxidation sites excluding steroid dienone is 12. The Morgan fingerprint density at radius 3 is 0.849 bits per heavy atom. The van der Waals surface area contributed by atoms with Gasteiger partial charge < -0.3 is 14.2 Å². The third kappa shape index (κ3) is 59.6. The molecule has 73 heavy (non-hydrogen) atoms. The van der Waals surface area contributed by atoms with Crippen LogP contribution in [0.2, 0.25) is 0 Å². The Bertz CT molecular complexity index is 1360. The molecule has 0 aliphatic heterocycles. The monoisotopic (exact) mass is 1020 g/mol. The summed E-state index contributed by atoms with van der Waals surface area (Å²) < 4.78 is 16.9. The zero-order valence-electron chi connectivity index (χ0n) is 48.4. The Labute approximate surface area is 453 Å². The third-order valence-corrected chi connectivity index (χ3v) is 13.7. The minimum atomic E-state index is -0.799. The van der Waals surface area contributed by atoms with Crippen LogP contribution in [0.15, 0.2) is 72.9 Å². The predicted octanol–water partition coefficient (Wildman–Crippen LogP) is 21.3. The average molecular weight is 1020 g/mol. The first kappa shape index (κ1) is 69.8. The largest absolute Gasteiger partial charge is 0.462 e. The quantitative estimate of drug-likeness (QED) is 0.0261. The highest BCUT2D eigenvalue weighted by Gasteiger charge is 2.19. The molecule has 0 radical (unpaired) electrons. The molecule has 0 bridgehead atoms. The van der Waals surface area contributed by atoms with E-state index in [1.165, 1.54) is 199 Å². The van der Waals surface area contributed by atoms with Crippen molar-refractivity contribution in [2.24, 2.45) is 0 Å². The van der Waals surface area contributed by atoms with Crippen LogP contribution in [0.5, 0.6) is 0 Å². The first-order valence-electron chi connectivity index (χ1n) is 31.4. The van der Waals surface area contributed by atoms with Crippen LogP contribution in [0.1, 0.15) is 316 Å². The average Bonchev–Trinajstić information content (AvgIpc) is 3.39. The van der Waals surface area contributed by atoms with Crippen LogP contribution < -0.4 is 0 Å². The smallest absolute Gasteiger partial charge is 0.306 e. The molecule has 0 aliphatic rings. The fourth-order valence-corrected chi connectivity index (χ4v) is 8.94. The summed E-state index contributed by atoms with van der Waals surface area (Å²) in [5.74, 6) is -0.939. The number of carbonyl (C=O) groups is 3. The number of hydrogen-bond acceptors (Lipinski definition) is 6. The second-order valence-electron chi connectivity index (χ2n) is 21.0. The molecule has 0 N–H and O–H groups in total. The Morgan fingerprint density at radius 2 is 0.507 bits per heavy atom. The molecule has 6 heteroatoms. The van der Waals surface area contributed by atoms with E-state index in [1.54, 1.807) is 0 Å². The van der Waals surface area contributed by atoms with Crippen molar-refractivity contribution in [2.45, 2.75) is 322 Å². The van der Waals surface area contributed by atoms with Crippen molar-refractivity contribution in [1.82, 2.24) is 0 Å². The molecule has 0 saturated heterocycles. The normalized spacial score (nSPS) is 12.5. The van der Waals surface area contributed by atoms with Crippen LogP contribution in [0, 0.1) is 0 Å². The highest BCUT2D eigenvalue weighted by molar-refractivity contribution is 5.71. The van der Waals surface area contributed by atoms with Gasteiger partial charge in [-0.15, -0.1) is 0 Å². The fraction of sp³-hybridized carbons (Fsp3) is 0.776. The minimum absolute atomic E-state index is 0.0920. The third-order valence-electron chi connectivity index (χ3n) is 13.7. The van der Waals surface area contributed by atoms with Crippen molar-refractivity contribution >= 4 is 17.9 Å². The van der Waals surface area contributed by atoms with Gasteiger partial charge in [0.15, 0.2) is 6.10 Å². The number of carbonyl (C=O) groups excluding carboxylic acids is 3. The van der Waals surface area contributed by atoms with Crippen LogP contribution in [0.25, 0.3) is 0 Å². The van der Waals surface area contributed by atoms with Crippen molar-refractivity contribution < 1.29 is 28.6 Å². The minimum Gasteiger partial charge on any atom is -0.462 e. The highest BCUT2D eigenvalue weighted by atomic mass is 16.6. The topological polar surface area (TPSA) is 78.9 Å². The van der Waals surface area contributed by atoms with Gasteiger partial charge in [0.25, 0.3) is 0 Å². The second-order valence-corrected chi connectivity index (χ2v) is 21.0. The van der Waals surface area contributed by atoms with Gasteiger partial charge in [-0.05, 0) is 89.9 Å². The molecule has 0 amide bonds. The molecule has 1 atom stereocenters. The van der Waals surface area contributed by atoms with E-state index in [2.05, 4.69) is 93.7 Å². The van der Waals surface area contributed by atoms with Gasteiger partial charge in [0.1, 0.15) is 13.2 Å². The molecule has 0 saturated carbocycles. The number of esters is 3. The maximum Gasteiger partial charge on any atom is 0.306 e. The van der Waals surface area contributed by atoms with Crippen molar-refractivity contribution in [3.05, 3.63) is 72.9 Å². The Morgan fingerprint density at radius 1 is 0.274 bits per heavy atom. The Kier molecular flexibility index (Phi) is 58.7. The zero-order chi connectivity index (χ0) is 52.9. The summed E-state index contributed by atoms with van der Waals surface area (Å²) in [5, 5.41) is 0. The molecule has 0 aromatic rings. The van der Waals surface area contributed by atoms with E-state index in [0.717, 1.165) is 70.6 Å². The number of rotatable bonds is 57. The number of unbranched alkanes of at least 4 members (excludes halogenated alkanes) is 34. The number of ether oxygens (including phenoxy) is 3. The molecule has 0 aromatic heterocycles. The predicted molar refractivity (Wildman–Crippen MR) is 316 cm³/mol. The molecule has 0 aromatic carbocycles. The van der Waals surface area contributed by atoms with E-state index >= 15 is 0 Å². The SMILES string of the molecule is CCCCC/C=C\C/C=C\C/C=C\C/C=C\CCCC(=O)OC[C@H](COC(=O)CCCCCCCCCCC/C=C\C/C=C\CCCCC)OC(=O)CCCCCCCCCCCCCCCCCCCCC. The van der Waals surface area contributed by atoms with Crippen molar-refractivity contribution in [3.63, 3.8) is 0 Å². The second kappa shape index (κ2) is 61.4. The molecular weight excluding hydrogens is 901 g/mol. The molecule has 6 nitrogen and oxygen atoms in total. The van der Waals surface area contributed by atoms with Crippen LogP contribution in [0.4, 0.5) is 0 Å². The lowest BCUT2D eigenvalue weighted by atomic mass is 10.0. The highest BCUT2D eigenvalue weighted by Crippen LogP contribution is 2.17. The fourth-order valence-electron chi connectivity index (χ4n) is 8.94. The maximum absolute atomic E-state index is 12.9. The molecule has 422 valence electrons. The lowest BCUT2D eigenvalue weighted by molar-refractivity contribution is -0.167. The summed E-state index contributed by atoms with van der Waals surface area (Å²) in [6.45, 7) is 6.58. The van der Waals surface area contributed by atoms with Gasteiger partial charge in [0.05, 0.1) is 0 Å². The van der Waals surface area contributed by atoms with E-state index in [0.29, 0.717) is 19.3 Å². The van der Waals surface area contributed by atoms with Gasteiger partial charge in [0, 0.05) is 19.3 Å². The van der Waals surface area contributed by atoms with E-state index < -0.39 is 6.10 Å². The van der Waals surface area contributed by atoms with Gasteiger partial charge in [-0.1, -0.05) is 280 Å². The summed E-state index contributed by atoms with van der Waals surface area (Å²) in [5.41, 5.74) is 0. The van der Waals surface area contributed by atoms with Gasteiger partial charge in [-0.3, -0.25) is 14.4 Å². The van der Waals surface area contributed by atoms with E-state index in [-0.39, 0.29) is 37.5 Å². The van der Waals surface area contributed by atoms with Gasteiger partial charge in [0.2, 0.25) is 0 Å². The van der Waals surface area contributed by atoms with Crippen molar-refractivity contribution in [1.29, 1.82) is 0 Å². The van der Waals surface area contributed by atoms with Gasteiger partial charge in [-0.25, -0.2) is 0 Å². The van der Waals surface area contributed by atoms with Crippen LogP contribution >= 0.6 is 0 Å². The van der Waals surface area contributed by atoms with Gasteiger partial charge in [-0.2, -0.15) is 0 Å². The first-order valence-corrected chi connectivity index (χ1v) is 31.4. The van der Waals surface area contributed by atoms with Crippen molar-refractivity contribution in [2.75, 3.05) is 13.2 Å². The van der Waals surface area contributed by atoms with E-state index in [1.807, 2.05) is 0 Å². The Hall–Kier alpha value is -3.15. The van der Waals surface area contributed by atoms with E-state index in [4.69, 9.17) is 14.2 Å². The molecule has 0 aliphatic carbocycles. The van der Waals surface area contributed by atoms with Gasteiger partial charge >= 0.3 is 17.9 Å². The lowest BCUT2D eigenvalue weighted by Gasteiger charge is -2.18. The number of hydrogen-bond donors (Lipinski definition) is 0. The summed E-state index contributed by atoms with van der Waals surface area (Å²) in [6.07, 6.45) is 79.0.